The number of fused-ring (bicyclic) bond motifs is 1. The van der Waals surface area contributed by atoms with Crippen molar-refractivity contribution >= 4 is 36.1 Å². The van der Waals surface area contributed by atoms with Gasteiger partial charge in [-0.25, -0.2) is 4.79 Å². The number of carboxylic acid groups (broad SMARTS) is 1. The topological polar surface area (TPSA) is 99.6 Å². The summed E-state index contributed by atoms with van der Waals surface area (Å²) in [4.78, 5) is 46.0. The quantitative estimate of drug-likeness (QED) is 0.484. The number of carbonyl (C=O) groups is 3. The van der Waals surface area contributed by atoms with Gasteiger partial charge in [0.15, 0.2) is 0 Å². The molecule has 1 fully saturated rings. The molecule has 9 nitrogen and oxygen atoms in total. The van der Waals surface area contributed by atoms with Crippen molar-refractivity contribution in [2.24, 2.45) is 0 Å². The van der Waals surface area contributed by atoms with Crippen molar-refractivity contribution in [1.29, 1.82) is 0 Å². The molecule has 0 saturated carbocycles. The highest BCUT2D eigenvalue weighted by Crippen LogP contribution is 2.33. The third-order valence-corrected chi connectivity index (χ3v) is 7.09. The zero-order chi connectivity index (χ0) is 26.4. The normalized spacial score (nSPS) is 17.7. The number of nitrogens with zero attached hydrogens (tertiary/aromatic N) is 3. The van der Waals surface area contributed by atoms with Gasteiger partial charge in [0, 0.05) is 39.1 Å². The van der Waals surface area contributed by atoms with Crippen LogP contribution in [0.5, 0.6) is 0 Å². The first-order valence-electron chi connectivity index (χ1n) is 12.8. The predicted molar refractivity (Wildman–Crippen MR) is 145 cm³/mol. The first kappa shape index (κ1) is 29.4. The van der Waals surface area contributed by atoms with Crippen molar-refractivity contribution in [2.75, 3.05) is 31.2 Å². The Balaban J connectivity index is 0.00000400. The standard InChI is InChI=1S/C28H35N3O6.ClH/c1-20-26-18-24(9-8-23(26)10-14-29(20)17-13-27(33)34)31(21(2)32)37-25-11-15-30(16-12-25)28(35)36-19-22-6-4-3-5-7-22;/h3-9,18,20,25H,10-17,19H2,1-2H3,(H,33,34);1H. The lowest BCUT2D eigenvalue weighted by Gasteiger charge is -2.36. The number of carboxylic acids is 1. The lowest BCUT2D eigenvalue weighted by molar-refractivity contribution is -0.137. The average molecular weight is 546 g/mol. The minimum Gasteiger partial charge on any atom is -0.481 e. The number of rotatable bonds is 8. The number of aliphatic carboxylic acids is 1. The van der Waals surface area contributed by atoms with Gasteiger partial charge in [0.1, 0.15) is 6.61 Å². The predicted octanol–water partition coefficient (Wildman–Crippen LogP) is 4.59. The van der Waals surface area contributed by atoms with Gasteiger partial charge in [-0.1, -0.05) is 36.4 Å². The van der Waals surface area contributed by atoms with E-state index in [0.717, 1.165) is 24.1 Å². The van der Waals surface area contributed by atoms with Crippen molar-refractivity contribution in [3.8, 4) is 0 Å². The maximum Gasteiger partial charge on any atom is 0.410 e. The van der Waals surface area contributed by atoms with Crippen LogP contribution in [0.1, 0.15) is 55.8 Å². The van der Waals surface area contributed by atoms with Gasteiger partial charge in [-0.15, -0.1) is 12.4 Å². The number of likely N-dealkylation sites (tertiary alicyclic amines) is 1. The molecule has 0 bridgehead atoms. The zero-order valence-electron chi connectivity index (χ0n) is 21.9. The molecule has 38 heavy (non-hydrogen) atoms. The number of piperidine rings is 1. The molecule has 2 aromatic rings. The second-order valence-corrected chi connectivity index (χ2v) is 9.63. The molecule has 1 atom stereocenters. The summed E-state index contributed by atoms with van der Waals surface area (Å²) in [5, 5.41) is 10.4. The van der Waals surface area contributed by atoms with Gasteiger partial charge < -0.3 is 14.7 Å². The SMILES string of the molecule is CC(=O)N(OC1CCN(C(=O)OCc2ccccc2)CC1)c1ccc2c(c1)C(C)N(CCC(=O)O)CC2.Cl. The van der Waals surface area contributed by atoms with Gasteiger partial charge in [-0.05, 0) is 55.0 Å². The molecule has 0 radical (unpaired) electrons. The molecule has 10 heteroatoms. The van der Waals surface area contributed by atoms with Crippen LogP contribution < -0.4 is 5.06 Å². The smallest absolute Gasteiger partial charge is 0.410 e. The Morgan fingerprint density at radius 1 is 1.05 bits per heavy atom. The molecule has 2 aliphatic heterocycles. The maximum absolute atomic E-state index is 12.5. The molecule has 1 N–H and O–H groups in total. The minimum absolute atomic E-state index is 0. The first-order chi connectivity index (χ1) is 17.8. The largest absolute Gasteiger partial charge is 0.481 e. The van der Waals surface area contributed by atoms with Crippen LogP contribution in [0.25, 0.3) is 0 Å². The van der Waals surface area contributed by atoms with Gasteiger partial charge in [0.2, 0.25) is 5.91 Å². The van der Waals surface area contributed by atoms with E-state index in [-0.39, 0.29) is 49.6 Å². The molecule has 0 aliphatic carbocycles. The van der Waals surface area contributed by atoms with E-state index in [0.29, 0.717) is 38.2 Å². The van der Waals surface area contributed by atoms with E-state index in [1.165, 1.54) is 17.6 Å². The second kappa shape index (κ2) is 13.6. The number of amides is 2. The van der Waals surface area contributed by atoms with Crippen molar-refractivity contribution in [1.82, 2.24) is 9.80 Å². The molecule has 0 aromatic heterocycles. The van der Waals surface area contributed by atoms with E-state index >= 15 is 0 Å². The number of hydroxylamine groups is 1. The molecule has 2 aromatic carbocycles. The van der Waals surface area contributed by atoms with Gasteiger partial charge >= 0.3 is 12.1 Å². The molecule has 1 unspecified atom stereocenters. The summed E-state index contributed by atoms with van der Waals surface area (Å²) in [6.07, 6.45) is 1.56. The summed E-state index contributed by atoms with van der Waals surface area (Å²) in [7, 11) is 0. The monoisotopic (exact) mass is 545 g/mol. The lowest BCUT2D eigenvalue weighted by Crippen LogP contribution is -2.44. The van der Waals surface area contributed by atoms with E-state index in [9.17, 15) is 14.4 Å². The number of hydrogen-bond acceptors (Lipinski definition) is 6. The average Bonchev–Trinajstić information content (AvgIpc) is 2.90. The van der Waals surface area contributed by atoms with Gasteiger partial charge in [-0.3, -0.25) is 19.3 Å². The Bertz CT molecular complexity index is 1110. The highest BCUT2D eigenvalue weighted by atomic mass is 35.5. The van der Waals surface area contributed by atoms with Crippen LogP contribution >= 0.6 is 12.4 Å². The number of ether oxygens (including phenoxy) is 1. The van der Waals surface area contributed by atoms with Crippen molar-refractivity contribution in [3.63, 3.8) is 0 Å². The Labute approximate surface area is 229 Å². The van der Waals surface area contributed by atoms with E-state index < -0.39 is 5.97 Å². The Kier molecular flexibility index (Phi) is 10.5. The maximum atomic E-state index is 12.5. The first-order valence-corrected chi connectivity index (χ1v) is 12.8. The van der Waals surface area contributed by atoms with Crippen LogP contribution in [0.2, 0.25) is 0 Å². The van der Waals surface area contributed by atoms with Crippen molar-refractivity contribution < 1.29 is 29.1 Å². The summed E-state index contributed by atoms with van der Waals surface area (Å²) in [5.74, 6) is -1.03. The van der Waals surface area contributed by atoms with Crippen LogP contribution in [0.15, 0.2) is 48.5 Å². The highest BCUT2D eigenvalue weighted by molar-refractivity contribution is 5.89. The zero-order valence-corrected chi connectivity index (χ0v) is 22.7. The molecular weight excluding hydrogens is 510 g/mol. The summed E-state index contributed by atoms with van der Waals surface area (Å²) >= 11 is 0. The number of halogens is 1. The fourth-order valence-corrected chi connectivity index (χ4v) is 4.94. The molecular formula is C28H36ClN3O6. The number of anilines is 1. The fraction of sp³-hybridized carbons (Fsp3) is 0.464. The third-order valence-electron chi connectivity index (χ3n) is 7.09. The summed E-state index contributed by atoms with van der Waals surface area (Å²) < 4.78 is 5.44. The summed E-state index contributed by atoms with van der Waals surface area (Å²) in [5.41, 5.74) is 3.88. The van der Waals surface area contributed by atoms with Crippen LogP contribution in [-0.2, 0) is 32.2 Å². The lowest BCUT2D eigenvalue weighted by atomic mass is 9.92. The van der Waals surface area contributed by atoms with Crippen LogP contribution in [0, 0.1) is 0 Å². The highest BCUT2D eigenvalue weighted by Gasteiger charge is 2.29. The Morgan fingerprint density at radius 2 is 1.76 bits per heavy atom. The third kappa shape index (κ3) is 7.46. The molecule has 4 rings (SSSR count). The molecule has 2 amide bonds. The molecule has 2 aliphatic rings. The van der Waals surface area contributed by atoms with Gasteiger partial charge in [0.25, 0.3) is 0 Å². The minimum atomic E-state index is -0.807. The van der Waals surface area contributed by atoms with Crippen LogP contribution in [0.3, 0.4) is 0 Å². The number of benzene rings is 2. The van der Waals surface area contributed by atoms with Crippen LogP contribution in [0.4, 0.5) is 10.5 Å². The van der Waals surface area contributed by atoms with Gasteiger partial charge in [0.05, 0.1) is 18.2 Å². The van der Waals surface area contributed by atoms with E-state index in [1.807, 2.05) is 48.5 Å². The number of carbonyl (C=O) groups excluding carboxylic acids is 2. The second-order valence-electron chi connectivity index (χ2n) is 9.63. The molecule has 0 spiro atoms. The van der Waals surface area contributed by atoms with Crippen LogP contribution in [-0.4, -0.2) is 65.2 Å². The van der Waals surface area contributed by atoms with Gasteiger partial charge in [-0.2, -0.15) is 5.06 Å². The Morgan fingerprint density at radius 3 is 2.42 bits per heavy atom. The fourth-order valence-electron chi connectivity index (χ4n) is 4.94. The summed E-state index contributed by atoms with van der Waals surface area (Å²) in [6, 6.07) is 15.5. The van der Waals surface area contributed by atoms with Crippen molar-refractivity contribution in [2.45, 2.75) is 58.3 Å². The van der Waals surface area contributed by atoms with E-state index in [2.05, 4.69) is 11.8 Å². The molecule has 2 heterocycles. The number of hydrogen-bond donors (Lipinski definition) is 1. The molecule has 206 valence electrons. The van der Waals surface area contributed by atoms with E-state index in [1.54, 1.807) is 4.90 Å². The summed E-state index contributed by atoms with van der Waals surface area (Å²) in [6.45, 7) is 6.04. The molecule has 1 saturated heterocycles. The van der Waals surface area contributed by atoms with Crippen molar-refractivity contribution in [3.05, 3.63) is 65.2 Å². The Hall–Kier alpha value is -3.14. The van der Waals surface area contributed by atoms with E-state index in [4.69, 9.17) is 14.7 Å².